The molecule has 17 heavy (non-hydrogen) atoms. The lowest BCUT2D eigenvalue weighted by Crippen LogP contribution is -2.20. The van der Waals surface area contributed by atoms with Crippen LogP contribution in [0.4, 0.5) is 0 Å². The molecule has 0 amide bonds. The van der Waals surface area contributed by atoms with Gasteiger partial charge in [0.2, 0.25) is 0 Å². The Morgan fingerprint density at radius 2 is 2.00 bits per heavy atom. The maximum Gasteiger partial charge on any atom is 0.131 e. The van der Waals surface area contributed by atoms with Crippen molar-refractivity contribution >= 4 is 5.78 Å². The molecule has 0 saturated heterocycles. The normalized spacial score (nSPS) is 12.3. The minimum absolute atomic E-state index is 0.0807. The van der Waals surface area contributed by atoms with E-state index in [1.807, 2.05) is 27.0 Å². The number of hydrogen-bond donors (Lipinski definition) is 1. The third-order valence-corrected chi connectivity index (χ3v) is 3.00. The smallest absolute Gasteiger partial charge is 0.131 e. The molecule has 94 valence electrons. The van der Waals surface area contributed by atoms with Crippen molar-refractivity contribution in [2.45, 2.75) is 33.2 Å². The average Bonchev–Trinajstić information content (AvgIpc) is 2.28. The van der Waals surface area contributed by atoms with Crippen molar-refractivity contribution in [2.75, 3.05) is 14.2 Å². The highest BCUT2D eigenvalue weighted by Gasteiger charge is 2.15. The van der Waals surface area contributed by atoms with Crippen LogP contribution in [0.1, 0.15) is 36.1 Å². The zero-order valence-corrected chi connectivity index (χ0v) is 11.3. The molecule has 0 aliphatic rings. The van der Waals surface area contributed by atoms with Crippen molar-refractivity contribution in [3.63, 3.8) is 0 Å². The summed E-state index contributed by atoms with van der Waals surface area (Å²) in [6, 6.07) is 4.20. The summed E-state index contributed by atoms with van der Waals surface area (Å²) in [7, 11) is 3.55. The number of ketones is 1. The second kappa shape index (κ2) is 5.82. The number of methoxy groups -OCH3 is 1. The minimum Gasteiger partial charge on any atom is -0.496 e. The van der Waals surface area contributed by atoms with Crippen molar-refractivity contribution in [1.29, 1.82) is 0 Å². The van der Waals surface area contributed by atoms with Crippen LogP contribution in [0.2, 0.25) is 0 Å². The monoisotopic (exact) mass is 235 g/mol. The number of rotatable bonds is 5. The first-order valence-electron chi connectivity index (χ1n) is 5.81. The van der Waals surface area contributed by atoms with Crippen LogP contribution in [0.3, 0.4) is 0 Å². The van der Waals surface area contributed by atoms with Gasteiger partial charge in [-0.15, -0.1) is 0 Å². The van der Waals surface area contributed by atoms with Gasteiger partial charge in [-0.25, -0.2) is 0 Å². The molecule has 1 N–H and O–H groups in total. The highest BCUT2D eigenvalue weighted by molar-refractivity contribution is 5.76. The van der Waals surface area contributed by atoms with Crippen LogP contribution in [0, 0.1) is 13.8 Å². The van der Waals surface area contributed by atoms with E-state index in [0.29, 0.717) is 6.42 Å². The van der Waals surface area contributed by atoms with Crippen molar-refractivity contribution < 1.29 is 9.53 Å². The van der Waals surface area contributed by atoms with Crippen LogP contribution >= 0.6 is 0 Å². The standard InChI is InChI=1S/C14H21NO2/c1-9-7-14(17-5)10(2)6-12(9)13(15-4)8-11(3)16/h6-7,13,15H,8H2,1-5H3. The Morgan fingerprint density at radius 1 is 1.35 bits per heavy atom. The summed E-state index contributed by atoms with van der Waals surface area (Å²) >= 11 is 0. The van der Waals surface area contributed by atoms with E-state index in [2.05, 4.69) is 11.4 Å². The Labute approximate surface area is 103 Å². The first kappa shape index (κ1) is 13.7. The van der Waals surface area contributed by atoms with E-state index in [1.54, 1.807) is 14.0 Å². The molecule has 0 spiro atoms. The van der Waals surface area contributed by atoms with Crippen LogP contribution in [0.15, 0.2) is 12.1 Å². The van der Waals surface area contributed by atoms with E-state index in [9.17, 15) is 4.79 Å². The lowest BCUT2D eigenvalue weighted by Gasteiger charge is -2.19. The average molecular weight is 235 g/mol. The second-order valence-corrected chi connectivity index (χ2v) is 4.43. The predicted octanol–water partition coefficient (Wildman–Crippen LogP) is 2.55. The Kier molecular flexibility index (Phi) is 4.70. The van der Waals surface area contributed by atoms with E-state index >= 15 is 0 Å². The van der Waals surface area contributed by atoms with Gasteiger partial charge in [-0.3, -0.25) is 4.79 Å². The van der Waals surface area contributed by atoms with E-state index in [-0.39, 0.29) is 11.8 Å². The number of carbonyl (C=O) groups excluding carboxylic acids is 1. The minimum atomic E-state index is 0.0807. The SMILES string of the molecule is CNC(CC(C)=O)c1cc(C)c(OC)cc1C. The fourth-order valence-corrected chi connectivity index (χ4v) is 2.06. The topological polar surface area (TPSA) is 38.3 Å². The van der Waals surface area contributed by atoms with Gasteiger partial charge < -0.3 is 10.1 Å². The Hall–Kier alpha value is -1.35. The van der Waals surface area contributed by atoms with Gasteiger partial charge in [-0.1, -0.05) is 6.07 Å². The van der Waals surface area contributed by atoms with Crippen LogP contribution < -0.4 is 10.1 Å². The Balaban J connectivity index is 3.11. The van der Waals surface area contributed by atoms with E-state index in [0.717, 1.165) is 16.9 Å². The summed E-state index contributed by atoms with van der Waals surface area (Å²) in [5.41, 5.74) is 3.41. The molecule has 0 fully saturated rings. The fraction of sp³-hybridized carbons (Fsp3) is 0.500. The van der Waals surface area contributed by atoms with Gasteiger partial charge in [0, 0.05) is 12.5 Å². The summed E-state index contributed by atoms with van der Waals surface area (Å²) in [4.78, 5) is 11.2. The first-order valence-corrected chi connectivity index (χ1v) is 5.81. The Bertz CT molecular complexity index is 413. The molecule has 1 atom stereocenters. The maximum absolute atomic E-state index is 11.2. The molecule has 0 aromatic heterocycles. The fourth-order valence-electron chi connectivity index (χ4n) is 2.06. The molecular formula is C14H21NO2. The summed E-state index contributed by atoms with van der Waals surface area (Å²) in [6.45, 7) is 5.68. The number of nitrogens with one attached hydrogen (secondary N) is 1. The lowest BCUT2D eigenvalue weighted by atomic mass is 9.95. The number of carbonyl (C=O) groups is 1. The van der Waals surface area contributed by atoms with Gasteiger partial charge in [-0.2, -0.15) is 0 Å². The molecule has 0 bridgehead atoms. The largest absolute Gasteiger partial charge is 0.496 e. The van der Waals surface area contributed by atoms with Crippen molar-refractivity contribution in [3.05, 3.63) is 28.8 Å². The van der Waals surface area contributed by atoms with Crippen molar-refractivity contribution in [2.24, 2.45) is 0 Å². The van der Waals surface area contributed by atoms with Gasteiger partial charge >= 0.3 is 0 Å². The first-order chi connectivity index (χ1) is 7.99. The summed E-state index contributed by atoms with van der Waals surface area (Å²) in [5, 5.41) is 3.19. The molecule has 0 aliphatic heterocycles. The molecule has 0 radical (unpaired) electrons. The van der Waals surface area contributed by atoms with Crippen molar-refractivity contribution in [1.82, 2.24) is 5.32 Å². The molecule has 3 nitrogen and oxygen atoms in total. The van der Waals surface area contributed by atoms with Crippen molar-refractivity contribution in [3.8, 4) is 5.75 Å². The van der Waals surface area contributed by atoms with Crippen LogP contribution in [0.5, 0.6) is 5.75 Å². The predicted molar refractivity (Wildman–Crippen MR) is 69.6 cm³/mol. The van der Waals surface area contributed by atoms with Gasteiger partial charge in [0.25, 0.3) is 0 Å². The molecule has 3 heteroatoms. The number of benzene rings is 1. The van der Waals surface area contributed by atoms with Crippen LogP contribution in [0.25, 0.3) is 0 Å². The molecule has 1 unspecified atom stereocenters. The zero-order chi connectivity index (χ0) is 13.0. The highest BCUT2D eigenvalue weighted by Crippen LogP contribution is 2.28. The van der Waals surface area contributed by atoms with Gasteiger partial charge in [0.05, 0.1) is 7.11 Å². The molecule has 1 aromatic carbocycles. The highest BCUT2D eigenvalue weighted by atomic mass is 16.5. The third-order valence-electron chi connectivity index (χ3n) is 3.00. The van der Waals surface area contributed by atoms with Crippen LogP contribution in [-0.4, -0.2) is 19.9 Å². The number of ether oxygens (including phenoxy) is 1. The van der Waals surface area contributed by atoms with Crippen LogP contribution in [-0.2, 0) is 4.79 Å². The second-order valence-electron chi connectivity index (χ2n) is 4.43. The van der Waals surface area contributed by atoms with Gasteiger partial charge in [-0.05, 0) is 50.6 Å². The maximum atomic E-state index is 11.2. The molecule has 0 aliphatic carbocycles. The Morgan fingerprint density at radius 3 is 2.47 bits per heavy atom. The number of hydrogen-bond acceptors (Lipinski definition) is 3. The number of aryl methyl sites for hydroxylation is 2. The zero-order valence-electron chi connectivity index (χ0n) is 11.3. The molecule has 1 aromatic rings. The lowest BCUT2D eigenvalue weighted by molar-refractivity contribution is -0.117. The molecule has 1 rings (SSSR count). The van der Waals surface area contributed by atoms with E-state index < -0.39 is 0 Å². The molecule has 0 saturated carbocycles. The molecular weight excluding hydrogens is 214 g/mol. The van der Waals surface area contributed by atoms with E-state index in [4.69, 9.17) is 4.74 Å². The third kappa shape index (κ3) is 3.30. The summed E-state index contributed by atoms with van der Waals surface area (Å²) in [5.74, 6) is 1.08. The number of Topliss-reactive ketones (excluding diaryl/α,β-unsaturated/α-hetero) is 1. The quantitative estimate of drug-likeness (QED) is 0.852. The van der Waals surface area contributed by atoms with Gasteiger partial charge in [0.15, 0.2) is 0 Å². The summed E-state index contributed by atoms with van der Waals surface area (Å²) < 4.78 is 5.29. The summed E-state index contributed by atoms with van der Waals surface area (Å²) in [6.07, 6.45) is 0.517. The van der Waals surface area contributed by atoms with E-state index in [1.165, 1.54) is 5.56 Å². The molecule has 0 heterocycles. The van der Waals surface area contributed by atoms with Gasteiger partial charge in [0.1, 0.15) is 11.5 Å².